The summed E-state index contributed by atoms with van der Waals surface area (Å²) < 4.78 is 6.00. The standard InChI is InChI=1S/C30H37ClN4OS/c1-2-32-23-24-8-11-26(12-9-24)36-21-20-34-18-16-33(17-19-34)14-5-15-35-27-6-3-4-7-29(27)37-30-13-10-25(31)22-28(30)35/h3-4,6-13,22,32H,2,5,14-21,23H2,1H3. The van der Waals surface area contributed by atoms with Crippen LogP contribution in [-0.4, -0.2) is 68.8 Å². The summed E-state index contributed by atoms with van der Waals surface area (Å²) in [6, 6.07) is 23.4. The predicted octanol–water partition coefficient (Wildman–Crippen LogP) is 6.14. The van der Waals surface area contributed by atoms with E-state index in [-0.39, 0.29) is 0 Å². The third-order valence-electron chi connectivity index (χ3n) is 7.09. The Balaban J connectivity index is 1.04. The van der Waals surface area contributed by atoms with E-state index in [0.29, 0.717) is 0 Å². The van der Waals surface area contributed by atoms with Crippen LogP contribution in [0.5, 0.6) is 5.75 Å². The highest BCUT2D eigenvalue weighted by molar-refractivity contribution is 7.99. The second-order valence-corrected chi connectivity index (χ2v) is 11.2. The van der Waals surface area contributed by atoms with Crippen molar-refractivity contribution < 1.29 is 4.74 Å². The average Bonchev–Trinajstić information content (AvgIpc) is 2.93. The van der Waals surface area contributed by atoms with Gasteiger partial charge >= 0.3 is 0 Å². The number of nitrogens with zero attached hydrogens (tertiary/aromatic N) is 3. The molecule has 2 aliphatic rings. The van der Waals surface area contributed by atoms with Crippen molar-refractivity contribution in [3.05, 3.63) is 77.3 Å². The maximum Gasteiger partial charge on any atom is 0.119 e. The van der Waals surface area contributed by atoms with Crippen LogP contribution in [0.1, 0.15) is 18.9 Å². The third-order valence-corrected chi connectivity index (χ3v) is 8.45. The van der Waals surface area contributed by atoms with Gasteiger partial charge in [0.05, 0.1) is 11.4 Å². The summed E-state index contributed by atoms with van der Waals surface area (Å²) in [5, 5.41) is 4.15. The molecule has 0 atom stereocenters. The van der Waals surface area contributed by atoms with Crippen molar-refractivity contribution in [2.75, 3.05) is 63.9 Å². The van der Waals surface area contributed by atoms with E-state index in [2.05, 4.69) is 87.6 Å². The van der Waals surface area contributed by atoms with E-state index in [1.807, 2.05) is 17.8 Å². The molecular weight excluding hydrogens is 500 g/mol. The molecule has 3 aromatic carbocycles. The number of piperazine rings is 1. The van der Waals surface area contributed by atoms with Gasteiger partial charge in [-0.1, -0.05) is 54.6 Å². The first kappa shape index (κ1) is 26.4. The second-order valence-electron chi connectivity index (χ2n) is 9.64. The topological polar surface area (TPSA) is 31.0 Å². The van der Waals surface area contributed by atoms with Crippen molar-refractivity contribution in [3.8, 4) is 5.75 Å². The van der Waals surface area contributed by atoms with Crippen LogP contribution in [0.4, 0.5) is 11.4 Å². The Kier molecular flexibility index (Phi) is 9.29. The minimum Gasteiger partial charge on any atom is -0.492 e. The lowest BCUT2D eigenvalue weighted by Gasteiger charge is -2.36. The Morgan fingerprint density at radius 1 is 0.838 bits per heavy atom. The van der Waals surface area contributed by atoms with Crippen LogP contribution in [0, 0.1) is 0 Å². The van der Waals surface area contributed by atoms with E-state index in [4.69, 9.17) is 16.3 Å². The summed E-state index contributed by atoms with van der Waals surface area (Å²) >= 11 is 8.21. The lowest BCUT2D eigenvalue weighted by atomic mass is 10.2. The smallest absolute Gasteiger partial charge is 0.119 e. The Labute approximate surface area is 230 Å². The van der Waals surface area contributed by atoms with Gasteiger partial charge in [-0.15, -0.1) is 0 Å². The lowest BCUT2D eigenvalue weighted by molar-refractivity contribution is 0.116. The molecule has 2 aliphatic heterocycles. The van der Waals surface area contributed by atoms with Crippen LogP contribution in [0.3, 0.4) is 0 Å². The number of benzene rings is 3. The van der Waals surface area contributed by atoms with Gasteiger partial charge in [-0.2, -0.15) is 0 Å². The van der Waals surface area contributed by atoms with Crippen LogP contribution in [0.25, 0.3) is 0 Å². The second kappa shape index (κ2) is 13.0. The molecule has 0 aliphatic carbocycles. The molecular formula is C30H37ClN4OS. The molecule has 37 heavy (non-hydrogen) atoms. The summed E-state index contributed by atoms with van der Waals surface area (Å²) in [7, 11) is 0. The SMILES string of the molecule is CCNCc1ccc(OCCN2CCN(CCCN3c4ccccc4Sc4ccc(Cl)cc43)CC2)cc1. The predicted molar refractivity (Wildman–Crippen MR) is 156 cm³/mol. The highest BCUT2D eigenvalue weighted by Gasteiger charge is 2.24. The molecule has 0 aromatic heterocycles. The fraction of sp³-hybridized carbons (Fsp3) is 0.400. The van der Waals surface area contributed by atoms with E-state index >= 15 is 0 Å². The highest BCUT2D eigenvalue weighted by atomic mass is 35.5. The molecule has 5 nitrogen and oxygen atoms in total. The highest BCUT2D eigenvalue weighted by Crippen LogP contribution is 2.48. The van der Waals surface area contributed by atoms with E-state index in [0.717, 1.165) is 82.7 Å². The fourth-order valence-corrected chi connectivity index (χ4v) is 6.24. The van der Waals surface area contributed by atoms with Crippen molar-refractivity contribution in [1.29, 1.82) is 0 Å². The zero-order valence-corrected chi connectivity index (χ0v) is 23.2. The van der Waals surface area contributed by atoms with E-state index < -0.39 is 0 Å². The normalized spacial score (nSPS) is 15.9. The summed E-state index contributed by atoms with van der Waals surface area (Å²) in [4.78, 5) is 10.2. The summed E-state index contributed by atoms with van der Waals surface area (Å²) in [6.07, 6.45) is 1.12. The number of hydrogen-bond donors (Lipinski definition) is 1. The number of nitrogens with one attached hydrogen (secondary N) is 1. The Bertz CT molecular complexity index is 1150. The van der Waals surface area contributed by atoms with Crippen molar-refractivity contribution >= 4 is 34.7 Å². The number of para-hydroxylation sites is 1. The molecule has 1 saturated heterocycles. The molecule has 5 rings (SSSR count). The molecule has 0 spiro atoms. The van der Waals surface area contributed by atoms with Crippen molar-refractivity contribution in [3.63, 3.8) is 0 Å². The van der Waals surface area contributed by atoms with Gasteiger partial charge in [0.15, 0.2) is 0 Å². The Morgan fingerprint density at radius 3 is 2.35 bits per heavy atom. The Hall–Kier alpha value is -2.22. The first-order chi connectivity index (χ1) is 18.2. The Morgan fingerprint density at radius 2 is 1.57 bits per heavy atom. The average molecular weight is 537 g/mol. The van der Waals surface area contributed by atoms with Crippen molar-refractivity contribution in [1.82, 2.24) is 15.1 Å². The van der Waals surface area contributed by atoms with Gasteiger partial charge in [0.1, 0.15) is 12.4 Å². The quantitative estimate of drug-likeness (QED) is 0.317. The van der Waals surface area contributed by atoms with Gasteiger partial charge in [0.2, 0.25) is 0 Å². The molecule has 7 heteroatoms. The van der Waals surface area contributed by atoms with Gasteiger partial charge in [-0.3, -0.25) is 4.90 Å². The van der Waals surface area contributed by atoms with E-state index in [1.54, 1.807) is 0 Å². The van der Waals surface area contributed by atoms with Crippen LogP contribution in [0.2, 0.25) is 5.02 Å². The summed E-state index contributed by atoms with van der Waals surface area (Å²) in [6.45, 7) is 12.3. The molecule has 196 valence electrons. The minimum absolute atomic E-state index is 0.737. The maximum atomic E-state index is 6.37. The number of fused-ring (bicyclic) bond motifs is 2. The first-order valence-electron chi connectivity index (χ1n) is 13.4. The third kappa shape index (κ3) is 7.01. The van der Waals surface area contributed by atoms with Crippen molar-refractivity contribution in [2.45, 2.75) is 29.7 Å². The largest absolute Gasteiger partial charge is 0.492 e. The van der Waals surface area contributed by atoms with Gasteiger partial charge in [0.25, 0.3) is 0 Å². The number of halogens is 1. The maximum absolute atomic E-state index is 6.37. The monoisotopic (exact) mass is 536 g/mol. The zero-order chi connectivity index (χ0) is 25.5. The van der Waals surface area contributed by atoms with E-state index in [1.165, 1.54) is 26.7 Å². The van der Waals surface area contributed by atoms with Crippen LogP contribution in [-0.2, 0) is 6.54 Å². The number of ether oxygens (including phenoxy) is 1. The fourth-order valence-electron chi connectivity index (χ4n) is 5.00. The molecule has 1 N–H and O–H groups in total. The number of hydrogen-bond acceptors (Lipinski definition) is 6. The van der Waals surface area contributed by atoms with Crippen LogP contribution in [0.15, 0.2) is 76.5 Å². The van der Waals surface area contributed by atoms with Crippen molar-refractivity contribution in [2.24, 2.45) is 0 Å². The first-order valence-corrected chi connectivity index (χ1v) is 14.6. The molecule has 0 bridgehead atoms. The molecule has 0 amide bonds. The molecule has 0 unspecified atom stereocenters. The molecule has 1 fully saturated rings. The lowest BCUT2D eigenvalue weighted by Crippen LogP contribution is -2.47. The molecule has 0 saturated carbocycles. The summed E-state index contributed by atoms with van der Waals surface area (Å²) in [5.41, 5.74) is 3.81. The zero-order valence-electron chi connectivity index (χ0n) is 21.7. The molecule has 3 aromatic rings. The van der Waals surface area contributed by atoms with Gasteiger partial charge < -0.3 is 19.9 Å². The van der Waals surface area contributed by atoms with Gasteiger partial charge in [-0.25, -0.2) is 0 Å². The van der Waals surface area contributed by atoms with E-state index in [9.17, 15) is 0 Å². The van der Waals surface area contributed by atoms with Gasteiger partial charge in [0, 0.05) is 60.6 Å². The molecule has 0 radical (unpaired) electrons. The van der Waals surface area contributed by atoms with Gasteiger partial charge in [-0.05, 0) is 67.5 Å². The number of rotatable bonds is 11. The van der Waals surface area contributed by atoms with Crippen LogP contribution < -0.4 is 15.0 Å². The number of anilines is 2. The minimum atomic E-state index is 0.737. The summed E-state index contributed by atoms with van der Waals surface area (Å²) in [5.74, 6) is 0.958. The van der Waals surface area contributed by atoms with Crippen LogP contribution >= 0.6 is 23.4 Å². The molecule has 2 heterocycles.